The molecule has 0 bridgehead atoms. The van der Waals surface area contributed by atoms with E-state index >= 15 is 0 Å². The number of hydrogen-bond acceptors (Lipinski definition) is 5. The Morgan fingerprint density at radius 2 is 2.08 bits per heavy atom. The fourth-order valence-corrected chi connectivity index (χ4v) is 4.30. The van der Waals surface area contributed by atoms with Gasteiger partial charge in [-0.1, -0.05) is 49.7 Å². The molecule has 0 aliphatic carbocycles. The Labute approximate surface area is 160 Å². The second-order valence-corrected chi connectivity index (χ2v) is 8.09. The number of thioether (sulfide) groups is 1. The van der Waals surface area contributed by atoms with E-state index in [1.165, 1.54) is 23.9 Å². The number of carbonyl (C=O) groups is 1. The number of unbranched alkanes of at least 4 members (excludes halogenated alkanes) is 1. The molecular weight excluding hydrogens is 369 g/mol. The van der Waals surface area contributed by atoms with Crippen molar-refractivity contribution in [2.24, 2.45) is 10.2 Å². The Bertz CT molecular complexity index is 788. The molecule has 0 unspecified atom stereocenters. The van der Waals surface area contributed by atoms with Gasteiger partial charge in [0.25, 0.3) is 0 Å². The van der Waals surface area contributed by atoms with E-state index in [9.17, 15) is 9.18 Å². The van der Waals surface area contributed by atoms with Gasteiger partial charge >= 0.3 is 0 Å². The zero-order valence-electron chi connectivity index (χ0n) is 14.5. The zero-order chi connectivity index (χ0) is 18.4. The van der Waals surface area contributed by atoms with Gasteiger partial charge in [0, 0.05) is 4.88 Å². The van der Waals surface area contributed by atoms with Crippen LogP contribution in [0.3, 0.4) is 0 Å². The van der Waals surface area contributed by atoms with Crippen LogP contribution in [0.2, 0.25) is 0 Å². The van der Waals surface area contributed by atoms with Gasteiger partial charge in [-0.2, -0.15) is 5.10 Å². The fourth-order valence-electron chi connectivity index (χ4n) is 2.58. The summed E-state index contributed by atoms with van der Waals surface area (Å²) in [4.78, 5) is 15.5. The van der Waals surface area contributed by atoms with Gasteiger partial charge < -0.3 is 0 Å². The Morgan fingerprint density at radius 1 is 1.27 bits per heavy atom. The van der Waals surface area contributed by atoms with Gasteiger partial charge in [-0.25, -0.2) is 4.39 Å². The molecule has 0 N–H and O–H groups in total. The Morgan fingerprint density at radius 3 is 2.77 bits per heavy atom. The highest BCUT2D eigenvalue weighted by Crippen LogP contribution is 2.32. The second-order valence-electron chi connectivity index (χ2n) is 5.94. The molecule has 1 aliphatic heterocycles. The second kappa shape index (κ2) is 9.09. The molecule has 0 spiro atoms. The Kier molecular flexibility index (Phi) is 6.57. The first kappa shape index (κ1) is 18.8. The predicted molar refractivity (Wildman–Crippen MR) is 107 cm³/mol. The smallest absolute Gasteiger partial charge is 0.242 e. The summed E-state index contributed by atoms with van der Waals surface area (Å²) >= 11 is 3.05. The first-order valence-corrected chi connectivity index (χ1v) is 10.3. The highest BCUT2D eigenvalue weighted by Gasteiger charge is 2.37. The average Bonchev–Trinajstić information content (AvgIpc) is 3.25. The minimum absolute atomic E-state index is 0.0536. The van der Waals surface area contributed by atoms with Gasteiger partial charge in [0.05, 0.1) is 18.0 Å². The van der Waals surface area contributed by atoms with Crippen molar-refractivity contribution in [3.05, 3.63) is 58.0 Å². The zero-order valence-corrected chi connectivity index (χ0v) is 16.1. The van der Waals surface area contributed by atoms with E-state index in [2.05, 4.69) is 17.1 Å². The van der Waals surface area contributed by atoms with Crippen molar-refractivity contribution in [1.29, 1.82) is 0 Å². The maximum Gasteiger partial charge on any atom is 0.242 e. The normalized spacial score (nSPS) is 19.2. The number of amides is 1. The number of carbonyl (C=O) groups excluding carboxylic acids is 1. The van der Waals surface area contributed by atoms with Gasteiger partial charge in [0.1, 0.15) is 5.82 Å². The van der Waals surface area contributed by atoms with Crippen molar-refractivity contribution in [2.75, 3.05) is 0 Å². The molecule has 1 amide bonds. The van der Waals surface area contributed by atoms with Crippen molar-refractivity contribution < 1.29 is 9.18 Å². The largest absolute Gasteiger partial charge is 0.284 e. The summed E-state index contributed by atoms with van der Waals surface area (Å²) in [6.45, 7) is 2.49. The maximum absolute atomic E-state index is 13.1. The molecule has 0 radical (unpaired) electrons. The lowest BCUT2D eigenvalue weighted by Gasteiger charge is -2.15. The summed E-state index contributed by atoms with van der Waals surface area (Å²) in [6, 6.07) is 10.1. The molecule has 1 atom stereocenters. The Hall–Kier alpha value is -1.99. The molecule has 1 fully saturated rings. The van der Waals surface area contributed by atoms with Gasteiger partial charge in [-0.05, 0) is 35.6 Å². The molecule has 0 saturated carbocycles. The van der Waals surface area contributed by atoms with E-state index in [1.807, 2.05) is 17.5 Å². The first-order valence-electron chi connectivity index (χ1n) is 8.54. The number of hydrogen-bond donors (Lipinski definition) is 0. The van der Waals surface area contributed by atoms with E-state index in [0.29, 0.717) is 11.7 Å². The Balaban J connectivity index is 1.78. The molecule has 1 aromatic carbocycles. The minimum atomic E-state index is -0.286. The molecule has 136 valence electrons. The van der Waals surface area contributed by atoms with E-state index in [4.69, 9.17) is 0 Å². The minimum Gasteiger partial charge on any atom is -0.284 e. The van der Waals surface area contributed by atoms with Crippen LogP contribution in [0.15, 0.2) is 52.0 Å². The van der Waals surface area contributed by atoms with Gasteiger partial charge in [0.2, 0.25) is 5.91 Å². The van der Waals surface area contributed by atoms with Crippen LogP contribution in [0.4, 0.5) is 4.39 Å². The molecule has 2 heterocycles. The molecule has 4 nitrogen and oxygen atoms in total. The van der Waals surface area contributed by atoms with Crippen LogP contribution >= 0.6 is 23.1 Å². The van der Waals surface area contributed by atoms with Crippen LogP contribution in [0.1, 0.15) is 36.6 Å². The van der Waals surface area contributed by atoms with Gasteiger partial charge in [-0.15, -0.1) is 16.4 Å². The molecule has 26 heavy (non-hydrogen) atoms. The van der Waals surface area contributed by atoms with Crippen molar-refractivity contribution in [3.8, 4) is 0 Å². The number of thiophene rings is 1. The SMILES string of the molecule is CCCC[C@H]1S/C(=N\N=C/c2cccs2)N(Cc2ccc(F)cc2)C1=O. The van der Waals surface area contributed by atoms with Crippen molar-refractivity contribution in [2.45, 2.75) is 38.0 Å². The van der Waals surface area contributed by atoms with Crippen LogP contribution < -0.4 is 0 Å². The topological polar surface area (TPSA) is 45.0 Å². The molecule has 7 heteroatoms. The van der Waals surface area contributed by atoms with Crippen LogP contribution in [0.5, 0.6) is 0 Å². The van der Waals surface area contributed by atoms with Crippen molar-refractivity contribution in [3.63, 3.8) is 0 Å². The summed E-state index contributed by atoms with van der Waals surface area (Å²) in [5, 5.41) is 10.9. The van der Waals surface area contributed by atoms with Crippen molar-refractivity contribution >= 4 is 40.4 Å². The maximum atomic E-state index is 13.1. The van der Waals surface area contributed by atoms with E-state index in [1.54, 1.807) is 34.6 Å². The fraction of sp³-hybridized carbons (Fsp3) is 0.316. The molecular formula is C19H20FN3OS2. The summed E-state index contributed by atoms with van der Waals surface area (Å²) in [7, 11) is 0. The molecule has 2 aromatic rings. The monoisotopic (exact) mass is 389 g/mol. The lowest BCUT2D eigenvalue weighted by atomic mass is 10.1. The third-order valence-electron chi connectivity index (χ3n) is 3.97. The number of amidine groups is 1. The quantitative estimate of drug-likeness (QED) is 0.499. The lowest BCUT2D eigenvalue weighted by molar-refractivity contribution is -0.126. The van der Waals surface area contributed by atoms with E-state index in [-0.39, 0.29) is 17.0 Å². The summed E-state index contributed by atoms with van der Waals surface area (Å²) in [6.07, 6.45) is 4.57. The number of rotatable bonds is 7. The predicted octanol–water partition coefficient (Wildman–Crippen LogP) is 4.91. The number of benzene rings is 1. The summed E-state index contributed by atoms with van der Waals surface area (Å²) in [5.74, 6) is -0.232. The molecule has 1 aliphatic rings. The molecule has 1 saturated heterocycles. The standard InChI is InChI=1S/C19H20FN3OS2/c1-2-3-6-17-18(24)23(13-14-7-9-15(20)10-8-14)19(26-17)22-21-12-16-5-4-11-25-16/h4-5,7-12,17H,2-3,6,13H2,1H3/b21-12-,22-19-/t17-/m1/s1. The average molecular weight is 390 g/mol. The molecule has 1 aromatic heterocycles. The third kappa shape index (κ3) is 4.80. The third-order valence-corrected chi connectivity index (χ3v) is 6.01. The summed E-state index contributed by atoms with van der Waals surface area (Å²) in [5.41, 5.74) is 0.867. The highest BCUT2D eigenvalue weighted by molar-refractivity contribution is 8.15. The van der Waals surface area contributed by atoms with Crippen LogP contribution in [-0.4, -0.2) is 27.4 Å². The first-order chi connectivity index (χ1) is 12.7. The van der Waals surface area contributed by atoms with E-state index < -0.39 is 0 Å². The van der Waals surface area contributed by atoms with E-state index in [0.717, 1.165) is 29.7 Å². The number of halogens is 1. The van der Waals surface area contributed by atoms with Gasteiger partial charge in [-0.3, -0.25) is 9.69 Å². The number of nitrogens with zero attached hydrogens (tertiary/aromatic N) is 3. The molecule has 3 rings (SSSR count). The lowest BCUT2D eigenvalue weighted by Crippen LogP contribution is -2.31. The highest BCUT2D eigenvalue weighted by atomic mass is 32.2. The van der Waals surface area contributed by atoms with Crippen LogP contribution in [-0.2, 0) is 11.3 Å². The van der Waals surface area contributed by atoms with Crippen molar-refractivity contribution in [1.82, 2.24) is 4.90 Å². The summed E-state index contributed by atoms with van der Waals surface area (Å²) < 4.78 is 13.1. The van der Waals surface area contributed by atoms with Crippen LogP contribution in [0, 0.1) is 5.82 Å². The van der Waals surface area contributed by atoms with Gasteiger partial charge in [0.15, 0.2) is 5.17 Å². The van der Waals surface area contributed by atoms with Crippen LogP contribution in [0.25, 0.3) is 0 Å².